The van der Waals surface area contributed by atoms with Gasteiger partial charge in [0.05, 0.1) is 0 Å². The summed E-state index contributed by atoms with van der Waals surface area (Å²) in [7, 11) is 0. The molecule has 0 radical (unpaired) electrons. The second kappa shape index (κ2) is 6.12. The second-order valence-electron chi connectivity index (χ2n) is 5.58. The summed E-state index contributed by atoms with van der Waals surface area (Å²) in [5, 5.41) is 2.72. The molecular weight excluding hydrogens is 218 g/mol. The van der Waals surface area contributed by atoms with E-state index in [4.69, 9.17) is 4.74 Å². The quantitative estimate of drug-likeness (QED) is 0.561. The zero-order valence-electron chi connectivity index (χ0n) is 11.2. The maximum Gasteiger partial charge on any atom is 0.334 e. The standard InChI is InChI=1S/C13H23NO3/c1-8(2)11-6-5-9(3)7-12(11)17-13(15)10(4)14-16/h8-12H,5-7H2,1-4H3. The van der Waals surface area contributed by atoms with Crippen molar-refractivity contribution in [2.75, 3.05) is 0 Å². The van der Waals surface area contributed by atoms with Gasteiger partial charge in [-0.2, -0.15) is 0 Å². The lowest BCUT2D eigenvalue weighted by molar-refractivity contribution is -0.157. The fraction of sp³-hybridized carbons (Fsp3) is 0.923. The van der Waals surface area contributed by atoms with Crippen molar-refractivity contribution in [1.82, 2.24) is 0 Å². The van der Waals surface area contributed by atoms with Gasteiger partial charge in [0.15, 0.2) is 6.04 Å². The highest BCUT2D eigenvalue weighted by Gasteiger charge is 2.34. The lowest BCUT2D eigenvalue weighted by atomic mass is 9.75. The van der Waals surface area contributed by atoms with Gasteiger partial charge in [0.2, 0.25) is 0 Å². The molecule has 1 aliphatic rings. The lowest BCUT2D eigenvalue weighted by Crippen LogP contribution is -2.37. The van der Waals surface area contributed by atoms with Gasteiger partial charge >= 0.3 is 5.97 Å². The molecule has 0 aromatic carbocycles. The third kappa shape index (κ3) is 3.79. The van der Waals surface area contributed by atoms with Crippen molar-refractivity contribution in [1.29, 1.82) is 0 Å². The highest BCUT2D eigenvalue weighted by atomic mass is 16.5. The number of ether oxygens (including phenoxy) is 1. The van der Waals surface area contributed by atoms with Gasteiger partial charge in [0, 0.05) is 0 Å². The minimum Gasteiger partial charge on any atom is -0.460 e. The van der Waals surface area contributed by atoms with Gasteiger partial charge < -0.3 is 4.74 Å². The normalized spacial score (nSPS) is 31.0. The van der Waals surface area contributed by atoms with Gasteiger partial charge in [0.25, 0.3) is 0 Å². The van der Waals surface area contributed by atoms with Crippen molar-refractivity contribution in [3.63, 3.8) is 0 Å². The smallest absolute Gasteiger partial charge is 0.334 e. The minimum atomic E-state index is -0.889. The van der Waals surface area contributed by atoms with Gasteiger partial charge in [0.1, 0.15) is 6.10 Å². The first-order chi connectivity index (χ1) is 7.95. The summed E-state index contributed by atoms with van der Waals surface area (Å²) in [6.07, 6.45) is 3.15. The van der Waals surface area contributed by atoms with Gasteiger partial charge in [-0.25, -0.2) is 4.79 Å². The second-order valence-corrected chi connectivity index (χ2v) is 5.58. The van der Waals surface area contributed by atoms with Gasteiger partial charge in [-0.05, 0) is 37.5 Å². The number of carbonyl (C=O) groups excluding carboxylic acids is 1. The molecule has 4 heteroatoms. The maximum atomic E-state index is 11.6. The zero-order chi connectivity index (χ0) is 13.0. The van der Waals surface area contributed by atoms with E-state index in [1.807, 2.05) is 0 Å². The van der Waals surface area contributed by atoms with Crippen molar-refractivity contribution in [2.45, 2.75) is 59.1 Å². The van der Waals surface area contributed by atoms with Crippen LogP contribution in [0.15, 0.2) is 5.18 Å². The summed E-state index contributed by atoms with van der Waals surface area (Å²) in [5.41, 5.74) is 0. The van der Waals surface area contributed by atoms with Crippen LogP contribution in [0.1, 0.15) is 47.0 Å². The highest BCUT2D eigenvalue weighted by Crippen LogP contribution is 2.35. The van der Waals surface area contributed by atoms with E-state index in [2.05, 4.69) is 25.9 Å². The van der Waals surface area contributed by atoms with Gasteiger partial charge in [-0.15, -0.1) is 4.91 Å². The van der Waals surface area contributed by atoms with E-state index in [0.29, 0.717) is 17.8 Å². The molecule has 0 amide bonds. The van der Waals surface area contributed by atoms with Crippen LogP contribution in [-0.4, -0.2) is 18.1 Å². The van der Waals surface area contributed by atoms with E-state index >= 15 is 0 Å². The van der Waals surface area contributed by atoms with Crippen molar-refractivity contribution >= 4 is 5.97 Å². The maximum absolute atomic E-state index is 11.6. The Morgan fingerprint density at radius 3 is 2.47 bits per heavy atom. The molecule has 1 aliphatic carbocycles. The van der Waals surface area contributed by atoms with E-state index in [1.54, 1.807) is 0 Å². The Morgan fingerprint density at radius 1 is 1.29 bits per heavy atom. The molecule has 0 aromatic heterocycles. The SMILES string of the molecule is CC1CCC(C(C)C)C(OC(=O)C(C)N=O)C1. The Labute approximate surface area is 103 Å². The Morgan fingerprint density at radius 2 is 1.94 bits per heavy atom. The molecule has 98 valence electrons. The van der Waals surface area contributed by atoms with E-state index < -0.39 is 12.0 Å². The molecule has 0 saturated heterocycles. The molecule has 0 bridgehead atoms. The lowest BCUT2D eigenvalue weighted by Gasteiger charge is -2.36. The van der Waals surface area contributed by atoms with Crippen LogP contribution in [0.25, 0.3) is 0 Å². The third-order valence-electron chi connectivity index (χ3n) is 3.73. The van der Waals surface area contributed by atoms with E-state index in [0.717, 1.165) is 12.8 Å². The van der Waals surface area contributed by atoms with Crippen LogP contribution in [0.4, 0.5) is 0 Å². The average molecular weight is 241 g/mol. The van der Waals surface area contributed by atoms with Crippen LogP contribution in [0.3, 0.4) is 0 Å². The monoisotopic (exact) mass is 241 g/mol. The number of rotatable bonds is 4. The van der Waals surface area contributed by atoms with E-state index in [1.165, 1.54) is 13.3 Å². The fourth-order valence-electron chi connectivity index (χ4n) is 2.54. The Bertz CT molecular complexity index is 278. The molecule has 0 heterocycles. The first kappa shape index (κ1) is 14.1. The minimum absolute atomic E-state index is 0.0459. The number of hydrogen-bond donors (Lipinski definition) is 0. The molecule has 4 unspecified atom stereocenters. The summed E-state index contributed by atoms with van der Waals surface area (Å²) in [6.45, 7) is 7.97. The molecule has 0 N–H and O–H groups in total. The molecule has 1 rings (SSSR count). The molecule has 0 spiro atoms. The summed E-state index contributed by atoms with van der Waals surface area (Å²) < 4.78 is 5.46. The fourth-order valence-corrected chi connectivity index (χ4v) is 2.54. The number of esters is 1. The highest BCUT2D eigenvalue weighted by molar-refractivity contribution is 5.75. The summed E-state index contributed by atoms with van der Waals surface area (Å²) >= 11 is 0. The predicted octanol–water partition coefficient (Wildman–Crippen LogP) is 3.15. The molecule has 0 aromatic rings. The molecule has 17 heavy (non-hydrogen) atoms. The van der Waals surface area contributed by atoms with Crippen molar-refractivity contribution in [3.8, 4) is 0 Å². The first-order valence-electron chi connectivity index (χ1n) is 6.48. The van der Waals surface area contributed by atoms with E-state index in [9.17, 15) is 9.70 Å². The Balaban J connectivity index is 2.63. The largest absolute Gasteiger partial charge is 0.460 e. The van der Waals surface area contributed by atoms with Crippen molar-refractivity contribution < 1.29 is 9.53 Å². The van der Waals surface area contributed by atoms with Crippen LogP contribution in [0, 0.1) is 22.7 Å². The number of nitroso groups, excluding NO2 is 1. The van der Waals surface area contributed by atoms with Crippen LogP contribution in [-0.2, 0) is 9.53 Å². The summed E-state index contributed by atoms with van der Waals surface area (Å²) in [5.74, 6) is 1.01. The molecule has 1 fully saturated rings. The topological polar surface area (TPSA) is 55.7 Å². The summed E-state index contributed by atoms with van der Waals surface area (Å²) in [6, 6.07) is -0.889. The predicted molar refractivity (Wildman–Crippen MR) is 66.5 cm³/mol. The Kier molecular flexibility index (Phi) is 5.09. The zero-order valence-corrected chi connectivity index (χ0v) is 11.2. The number of nitrogens with zero attached hydrogens (tertiary/aromatic N) is 1. The summed E-state index contributed by atoms with van der Waals surface area (Å²) in [4.78, 5) is 21.9. The molecule has 4 atom stereocenters. The number of carbonyl (C=O) groups is 1. The van der Waals surface area contributed by atoms with Crippen LogP contribution < -0.4 is 0 Å². The Hall–Kier alpha value is -0.930. The molecule has 1 saturated carbocycles. The van der Waals surface area contributed by atoms with Gasteiger partial charge in [-0.3, -0.25) is 0 Å². The van der Waals surface area contributed by atoms with Crippen LogP contribution in [0.5, 0.6) is 0 Å². The molecular formula is C13H23NO3. The molecule has 0 aliphatic heterocycles. The number of hydrogen-bond acceptors (Lipinski definition) is 4. The van der Waals surface area contributed by atoms with E-state index in [-0.39, 0.29) is 6.10 Å². The van der Waals surface area contributed by atoms with Crippen LogP contribution in [0.2, 0.25) is 0 Å². The first-order valence-corrected chi connectivity index (χ1v) is 6.48. The van der Waals surface area contributed by atoms with Crippen molar-refractivity contribution in [2.24, 2.45) is 22.9 Å². The van der Waals surface area contributed by atoms with Crippen molar-refractivity contribution in [3.05, 3.63) is 4.91 Å². The third-order valence-corrected chi connectivity index (χ3v) is 3.73. The van der Waals surface area contributed by atoms with Gasteiger partial charge in [-0.1, -0.05) is 32.4 Å². The average Bonchev–Trinajstić information content (AvgIpc) is 2.27. The van der Waals surface area contributed by atoms with Crippen LogP contribution >= 0.6 is 0 Å². The molecule has 4 nitrogen and oxygen atoms in total.